The predicted molar refractivity (Wildman–Crippen MR) is 81.0 cm³/mol. The highest BCUT2D eigenvalue weighted by molar-refractivity contribution is 5.76. The minimum atomic E-state index is 0.262. The molecule has 0 aliphatic rings. The SMILES string of the molecule is Oc1ccc2nc(CCCNc3ccccc3)[nH]c2c1. The van der Waals surface area contributed by atoms with Crippen molar-refractivity contribution in [2.24, 2.45) is 0 Å². The molecule has 0 amide bonds. The number of anilines is 1. The van der Waals surface area contributed by atoms with Gasteiger partial charge in [0.05, 0.1) is 11.0 Å². The number of imidazole rings is 1. The third kappa shape index (κ3) is 2.91. The van der Waals surface area contributed by atoms with Crippen LogP contribution < -0.4 is 5.32 Å². The monoisotopic (exact) mass is 267 g/mol. The number of nitrogens with one attached hydrogen (secondary N) is 2. The van der Waals surface area contributed by atoms with Gasteiger partial charge in [0, 0.05) is 24.7 Å². The summed E-state index contributed by atoms with van der Waals surface area (Å²) in [4.78, 5) is 7.74. The average molecular weight is 267 g/mol. The topological polar surface area (TPSA) is 60.9 Å². The van der Waals surface area contributed by atoms with Crippen molar-refractivity contribution in [1.29, 1.82) is 0 Å². The van der Waals surface area contributed by atoms with Crippen molar-refractivity contribution < 1.29 is 5.11 Å². The van der Waals surface area contributed by atoms with Crippen LogP contribution in [0.4, 0.5) is 5.69 Å². The summed E-state index contributed by atoms with van der Waals surface area (Å²) >= 11 is 0. The first-order valence-electron chi connectivity index (χ1n) is 6.78. The Labute approximate surface area is 117 Å². The second-order valence-corrected chi connectivity index (χ2v) is 4.78. The van der Waals surface area contributed by atoms with E-state index in [0.29, 0.717) is 0 Å². The lowest BCUT2D eigenvalue weighted by Gasteiger charge is -2.04. The second-order valence-electron chi connectivity index (χ2n) is 4.78. The maximum Gasteiger partial charge on any atom is 0.117 e. The Bertz CT molecular complexity index is 691. The number of aromatic amines is 1. The van der Waals surface area contributed by atoms with Crippen LogP contribution in [0.5, 0.6) is 5.75 Å². The molecule has 20 heavy (non-hydrogen) atoms. The van der Waals surface area contributed by atoms with Crippen LogP contribution in [0, 0.1) is 0 Å². The molecule has 0 saturated carbocycles. The molecule has 4 heteroatoms. The number of hydrogen-bond donors (Lipinski definition) is 3. The maximum absolute atomic E-state index is 9.42. The fraction of sp³-hybridized carbons (Fsp3) is 0.188. The van der Waals surface area contributed by atoms with E-state index in [-0.39, 0.29) is 5.75 Å². The van der Waals surface area contributed by atoms with Gasteiger partial charge < -0.3 is 15.4 Å². The van der Waals surface area contributed by atoms with E-state index in [1.165, 1.54) is 0 Å². The number of aryl methyl sites for hydroxylation is 1. The van der Waals surface area contributed by atoms with Gasteiger partial charge in [-0.2, -0.15) is 0 Å². The first kappa shape index (κ1) is 12.5. The zero-order valence-corrected chi connectivity index (χ0v) is 11.1. The van der Waals surface area contributed by atoms with Crippen molar-refractivity contribution >= 4 is 16.7 Å². The van der Waals surface area contributed by atoms with Gasteiger partial charge in [0.1, 0.15) is 11.6 Å². The molecule has 0 fully saturated rings. The van der Waals surface area contributed by atoms with Gasteiger partial charge in [0.25, 0.3) is 0 Å². The minimum absolute atomic E-state index is 0.262. The number of nitrogens with zero attached hydrogens (tertiary/aromatic N) is 1. The number of phenolic OH excluding ortho intramolecular Hbond substituents is 1. The number of H-pyrrole nitrogens is 1. The van der Waals surface area contributed by atoms with Gasteiger partial charge >= 0.3 is 0 Å². The zero-order chi connectivity index (χ0) is 13.8. The first-order chi connectivity index (χ1) is 9.81. The molecule has 4 nitrogen and oxygen atoms in total. The summed E-state index contributed by atoms with van der Waals surface area (Å²) < 4.78 is 0. The van der Waals surface area contributed by atoms with Crippen LogP contribution in [0.1, 0.15) is 12.2 Å². The van der Waals surface area contributed by atoms with E-state index >= 15 is 0 Å². The summed E-state index contributed by atoms with van der Waals surface area (Å²) in [6, 6.07) is 15.4. The van der Waals surface area contributed by atoms with Crippen molar-refractivity contribution in [2.45, 2.75) is 12.8 Å². The third-order valence-corrected chi connectivity index (χ3v) is 3.21. The Hall–Kier alpha value is -2.49. The fourth-order valence-electron chi connectivity index (χ4n) is 2.21. The van der Waals surface area contributed by atoms with Gasteiger partial charge in [0.15, 0.2) is 0 Å². The number of phenols is 1. The molecule has 3 aromatic rings. The van der Waals surface area contributed by atoms with E-state index in [4.69, 9.17) is 0 Å². The molecule has 1 heterocycles. The number of para-hydroxylation sites is 1. The number of rotatable bonds is 5. The van der Waals surface area contributed by atoms with Crippen molar-refractivity contribution in [3.05, 3.63) is 54.4 Å². The third-order valence-electron chi connectivity index (χ3n) is 3.21. The Morgan fingerprint density at radius 3 is 2.80 bits per heavy atom. The average Bonchev–Trinajstić information content (AvgIpc) is 2.86. The van der Waals surface area contributed by atoms with E-state index in [1.54, 1.807) is 12.1 Å². The summed E-state index contributed by atoms with van der Waals surface area (Å²) in [5, 5.41) is 12.8. The lowest BCUT2D eigenvalue weighted by atomic mass is 10.2. The standard InChI is InChI=1S/C16H17N3O/c20-13-8-9-14-15(11-13)19-16(18-14)7-4-10-17-12-5-2-1-3-6-12/h1-3,5-6,8-9,11,17,20H,4,7,10H2,(H,18,19). The Morgan fingerprint density at radius 1 is 1.10 bits per heavy atom. The van der Waals surface area contributed by atoms with Crippen molar-refractivity contribution in [3.63, 3.8) is 0 Å². The molecular formula is C16H17N3O. The molecule has 0 spiro atoms. The fourth-order valence-corrected chi connectivity index (χ4v) is 2.21. The van der Waals surface area contributed by atoms with Gasteiger partial charge in [-0.1, -0.05) is 18.2 Å². The molecule has 2 aromatic carbocycles. The van der Waals surface area contributed by atoms with Gasteiger partial charge in [-0.25, -0.2) is 4.98 Å². The molecule has 3 rings (SSSR count). The lowest BCUT2D eigenvalue weighted by Crippen LogP contribution is -2.03. The van der Waals surface area contributed by atoms with Gasteiger partial charge in [-0.15, -0.1) is 0 Å². The Kier molecular flexibility index (Phi) is 3.54. The Morgan fingerprint density at radius 2 is 1.95 bits per heavy atom. The van der Waals surface area contributed by atoms with Crippen molar-refractivity contribution in [1.82, 2.24) is 9.97 Å². The van der Waals surface area contributed by atoms with E-state index < -0.39 is 0 Å². The predicted octanol–water partition coefficient (Wildman–Crippen LogP) is 3.31. The van der Waals surface area contributed by atoms with Crippen LogP contribution in [0.15, 0.2) is 48.5 Å². The molecule has 0 unspecified atom stereocenters. The van der Waals surface area contributed by atoms with Gasteiger partial charge in [0.2, 0.25) is 0 Å². The Balaban J connectivity index is 1.55. The summed E-state index contributed by atoms with van der Waals surface area (Å²) in [5.41, 5.74) is 2.92. The molecule has 0 atom stereocenters. The highest BCUT2D eigenvalue weighted by atomic mass is 16.3. The number of aromatic hydroxyl groups is 1. The van der Waals surface area contributed by atoms with E-state index in [9.17, 15) is 5.11 Å². The molecule has 102 valence electrons. The molecule has 0 radical (unpaired) electrons. The van der Waals surface area contributed by atoms with Crippen molar-refractivity contribution in [2.75, 3.05) is 11.9 Å². The second kappa shape index (κ2) is 5.65. The maximum atomic E-state index is 9.42. The van der Waals surface area contributed by atoms with Crippen LogP contribution in [-0.4, -0.2) is 21.6 Å². The summed E-state index contributed by atoms with van der Waals surface area (Å²) in [6.45, 7) is 0.909. The van der Waals surface area contributed by atoms with Crippen LogP contribution in [0.3, 0.4) is 0 Å². The summed E-state index contributed by atoms with van der Waals surface area (Å²) in [5.74, 6) is 1.22. The minimum Gasteiger partial charge on any atom is -0.508 e. The first-order valence-corrected chi connectivity index (χ1v) is 6.78. The number of benzene rings is 2. The quantitative estimate of drug-likeness (QED) is 0.621. The van der Waals surface area contributed by atoms with E-state index in [0.717, 1.165) is 41.9 Å². The van der Waals surface area contributed by atoms with Crippen molar-refractivity contribution in [3.8, 4) is 5.75 Å². The lowest BCUT2D eigenvalue weighted by molar-refractivity contribution is 0.476. The molecule has 0 aliphatic heterocycles. The van der Waals surface area contributed by atoms with Crippen LogP contribution >= 0.6 is 0 Å². The molecule has 0 bridgehead atoms. The highest BCUT2D eigenvalue weighted by Gasteiger charge is 2.03. The largest absolute Gasteiger partial charge is 0.508 e. The van der Waals surface area contributed by atoms with Crippen LogP contribution in [0.25, 0.3) is 11.0 Å². The van der Waals surface area contributed by atoms with Crippen LogP contribution in [-0.2, 0) is 6.42 Å². The normalized spacial score (nSPS) is 10.8. The number of fused-ring (bicyclic) bond motifs is 1. The molecule has 0 saturated heterocycles. The highest BCUT2D eigenvalue weighted by Crippen LogP contribution is 2.18. The summed E-state index contributed by atoms with van der Waals surface area (Å²) in [6.07, 6.45) is 1.88. The summed E-state index contributed by atoms with van der Waals surface area (Å²) in [7, 11) is 0. The van der Waals surface area contributed by atoms with Gasteiger partial charge in [-0.3, -0.25) is 0 Å². The molecular weight excluding hydrogens is 250 g/mol. The van der Waals surface area contributed by atoms with Crippen LogP contribution in [0.2, 0.25) is 0 Å². The van der Waals surface area contributed by atoms with E-state index in [1.807, 2.05) is 24.3 Å². The number of aromatic nitrogens is 2. The molecule has 0 aliphatic carbocycles. The zero-order valence-electron chi connectivity index (χ0n) is 11.1. The molecule has 1 aromatic heterocycles. The van der Waals surface area contributed by atoms with Gasteiger partial charge in [-0.05, 0) is 30.7 Å². The number of hydrogen-bond acceptors (Lipinski definition) is 3. The smallest absolute Gasteiger partial charge is 0.117 e. The molecule has 3 N–H and O–H groups in total. The van der Waals surface area contributed by atoms with E-state index in [2.05, 4.69) is 27.4 Å².